The van der Waals surface area contributed by atoms with Crippen LogP contribution >= 0.6 is 0 Å². The SMILES string of the molecule is CCC(CCO)CNc1ccc(N)c(C#N)n1. The maximum absolute atomic E-state index is 8.88. The summed E-state index contributed by atoms with van der Waals surface area (Å²) in [5, 5.41) is 20.8. The van der Waals surface area contributed by atoms with E-state index >= 15 is 0 Å². The topological polar surface area (TPSA) is 95.0 Å². The molecule has 4 N–H and O–H groups in total. The average molecular weight is 234 g/mol. The lowest BCUT2D eigenvalue weighted by atomic mass is 10.0. The molecule has 1 unspecified atom stereocenters. The summed E-state index contributed by atoms with van der Waals surface area (Å²) in [5.74, 6) is 1.05. The van der Waals surface area contributed by atoms with Crippen LogP contribution in [0.25, 0.3) is 0 Å². The number of aliphatic hydroxyl groups is 1. The maximum atomic E-state index is 8.88. The van der Waals surface area contributed by atoms with Crippen LogP contribution in [0, 0.1) is 17.2 Å². The Morgan fingerprint density at radius 2 is 2.35 bits per heavy atom. The third kappa shape index (κ3) is 3.93. The molecule has 1 atom stereocenters. The van der Waals surface area contributed by atoms with E-state index < -0.39 is 0 Å². The Morgan fingerprint density at radius 1 is 1.59 bits per heavy atom. The lowest BCUT2D eigenvalue weighted by molar-refractivity contribution is 0.258. The largest absolute Gasteiger partial charge is 0.396 e. The van der Waals surface area contributed by atoms with E-state index in [0.717, 1.165) is 19.4 Å². The molecule has 0 radical (unpaired) electrons. The number of anilines is 2. The van der Waals surface area contributed by atoms with Gasteiger partial charge in [0.05, 0.1) is 5.69 Å². The van der Waals surface area contributed by atoms with Crippen LogP contribution in [0.2, 0.25) is 0 Å². The van der Waals surface area contributed by atoms with Gasteiger partial charge in [0, 0.05) is 13.2 Å². The molecule has 0 aliphatic heterocycles. The molecule has 1 heterocycles. The zero-order valence-electron chi connectivity index (χ0n) is 9.98. The van der Waals surface area contributed by atoms with Crippen LogP contribution in [-0.4, -0.2) is 23.2 Å². The maximum Gasteiger partial charge on any atom is 0.165 e. The van der Waals surface area contributed by atoms with E-state index in [1.165, 1.54) is 0 Å². The van der Waals surface area contributed by atoms with Gasteiger partial charge < -0.3 is 16.2 Å². The summed E-state index contributed by atoms with van der Waals surface area (Å²) in [6, 6.07) is 5.37. The molecule has 0 bridgehead atoms. The third-order valence-electron chi connectivity index (χ3n) is 2.72. The van der Waals surface area contributed by atoms with Gasteiger partial charge in [0.25, 0.3) is 0 Å². The molecule has 0 aromatic carbocycles. The van der Waals surface area contributed by atoms with E-state index in [4.69, 9.17) is 16.1 Å². The van der Waals surface area contributed by atoms with Crippen LogP contribution in [-0.2, 0) is 0 Å². The number of nitrogens with zero attached hydrogens (tertiary/aromatic N) is 2. The number of aliphatic hydroxyl groups excluding tert-OH is 1. The number of hydrogen-bond acceptors (Lipinski definition) is 5. The zero-order valence-corrected chi connectivity index (χ0v) is 9.98. The van der Waals surface area contributed by atoms with Crippen molar-refractivity contribution in [1.29, 1.82) is 5.26 Å². The van der Waals surface area contributed by atoms with E-state index in [2.05, 4.69) is 17.2 Å². The Kier molecular flexibility index (Phi) is 5.24. The molecule has 92 valence electrons. The first kappa shape index (κ1) is 13.3. The first-order valence-electron chi connectivity index (χ1n) is 5.72. The van der Waals surface area contributed by atoms with Gasteiger partial charge in [-0.25, -0.2) is 4.98 Å². The molecule has 0 saturated heterocycles. The van der Waals surface area contributed by atoms with Gasteiger partial charge in [-0.05, 0) is 24.5 Å². The summed E-state index contributed by atoms with van der Waals surface area (Å²) in [7, 11) is 0. The number of hydrogen-bond donors (Lipinski definition) is 3. The van der Waals surface area contributed by atoms with E-state index in [9.17, 15) is 0 Å². The van der Waals surface area contributed by atoms with Crippen molar-refractivity contribution in [3.63, 3.8) is 0 Å². The number of nitriles is 1. The molecule has 1 aromatic rings. The molecule has 0 amide bonds. The quantitative estimate of drug-likeness (QED) is 0.690. The molecule has 0 aliphatic carbocycles. The van der Waals surface area contributed by atoms with Crippen LogP contribution in [0.5, 0.6) is 0 Å². The minimum Gasteiger partial charge on any atom is -0.396 e. The summed E-state index contributed by atoms with van der Waals surface area (Å²) < 4.78 is 0. The van der Waals surface area contributed by atoms with Gasteiger partial charge >= 0.3 is 0 Å². The van der Waals surface area contributed by atoms with Crippen LogP contribution < -0.4 is 11.1 Å². The predicted molar refractivity (Wildman–Crippen MR) is 67.3 cm³/mol. The van der Waals surface area contributed by atoms with E-state index in [1.54, 1.807) is 12.1 Å². The Balaban J connectivity index is 2.60. The molecule has 0 spiro atoms. The zero-order chi connectivity index (χ0) is 12.7. The second-order valence-corrected chi connectivity index (χ2v) is 3.91. The van der Waals surface area contributed by atoms with Gasteiger partial charge in [-0.2, -0.15) is 5.26 Å². The normalized spacial score (nSPS) is 11.8. The van der Waals surface area contributed by atoms with Crippen molar-refractivity contribution < 1.29 is 5.11 Å². The van der Waals surface area contributed by atoms with Crippen molar-refractivity contribution in [3.05, 3.63) is 17.8 Å². The molecular weight excluding hydrogens is 216 g/mol. The number of pyridine rings is 1. The van der Waals surface area contributed by atoms with Gasteiger partial charge in [-0.1, -0.05) is 13.3 Å². The van der Waals surface area contributed by atoms with Crippen molar-refractivity contribution in [3.8, 4) is 6.07 Å². The summed E-state index contributed by atoms with van der Waals surface area (Å²) in [6.07, 6.45) is 1.76. The Bertz CT molecular complexity index is 400. The van der Waals surface area contributed by atoms with Crippen molar-refractivity contribution in [2.75, 3.05) is 24.2 Å². The van der Waals surface area contributed by atoms with Gasteiger partial charge in [0.1, 0.15) is 11.9 Å². The van der Waals surface area contributed by atoms with Crippen molar-refractivity contribution in [1.82, 2.24) is 4.98 Å². The Labute approximate surface area is 101 Å². The molecule has 5 nitrogen and oxygen atoms in total. The van der Waals surface area contributed by atoms with Crippen LogP contribution in [0.4, 0.5) is 11.5 Å². The van der Waals surface area contributed by atoms with Crippen molar-refractivity contribution in [2.24, 2.45) is 5.92 Å². The van der Waals surface area contributed by atoms with Gasteiger partial charge in [0.2, 0.25) is 0 Å². The van der Waals surface area contributed by atoms with Crippen LogP contribution in [0.3, 0.4) is 0 Å². The number of nitrogens with two attached hydrogens (primary N) is 1. The highest BCUT2D eigenvalue weighted by molar-refractivity contribution is 5.54. The first-order valence-corrected chi connectivity index (χ1v) is 5.72. The van der Waals surface area contributed by atoms with E-state index in [0.29, 0.717) is 17.4 Å². The first-order chi connectivity index (χ1) is 8.21. The molecular formula is C12H18N4O. The van der Waals surface area contributed by atoms with E-state index in [-0.39, 0.29) is 12.3 Å². The molecule has 0 saturated carbocycles. The minimum atomic E-state index is 0.193. The Hall–Kier alpha value is -1.80. The number of nitrogens with one attached hydrogen (secondary N) is 1. The number of rotatable bonds is 6. The average Bonchev–Trinajstić information content (AvgIpc) is 2.36. The highest BCUT2D eigenvalue weighted by Gasteiger charge is 2.07. The minimum absolute atomic E-state index is 0.193. The van der Waals surface area contributed by atoms with E-state index in [1.807, 2.05) is 6.07 Å². The second-order valence-electron chi connectivity index (χ2n) is 3.91. The van der Waals surface area contributed by atoms with Gasteiger partial charge in [-0.3, -0.25) is 0 Å². The second kappa shape index (κ2) is 6.71. The third-order valence-corrected chi connectivity index (χ3v) is 2.72. The fourth-order valence-corrected chi connectivity index (χ4v) is 1.54. The monoisotopic (exact) mass is 234 g/mol. The summed E-state index contributed by atoms with van der Waals surface area (Å²) in [5.41, 5.74) is 6.21. The standard InChI is InChI=1S/C12H18N4O/c1-2-9(5-6-17)8-15-12-4-3-10(14)11(7-13)16-12/h3-4,9,17H,2,5-6,8,14H2,1H3,(H,15,16). The smallest absolute Gasteiger partial charge is 0.165 e. The summed E-state index contributed by atoms with van der Waals surface area (Å²) in [6.45, 7) is 3.01. The van der Waals surface area contributed by atoms with Crippen LogP contribution in [0.1, 0.15) is 25.5 Å². The predicted octanol–water partition coefficient (Wildman–Crippen LogP) is 1.36. The fraction of sp³-hybridized carbons (Fsp3) is 0.500. The molecule has 0 aliphatic rings. The fourth-order valence-electron chi connectivity index (χ4n) is 1.54. The lowest BCUT2D eigenvalue weighted by Gasteiger charge is -2.14. The van der Waals surface area contributed by atoms with Crippen molar-refractivity contribution in [2.45, 2.75) is 19.8 Å². The molecule has 0 fully saturated rings. The molecule has 17 heavy (non-hydrogen) atoms. The highest BCUT2D eigenvalue weighted by atomic mass is 16.3. The Morgan fingerprint density at radius 3 is 2.94 bits per heavy atom. The van der Waals surface area contributed by atoms with Crippen LogP contribution in [0.15, 0.2) is 12.1 Å². The van der Waals surface area contributed by atoms with Gasteiger partial charge in [0.15, 0.2) is 5.69 Å². The summed E-state index contributed by atoms with van der Waals surface area (Å²) >= 11 is 0. The molecule has 5 heteroatoms. The molecule has 1 rings (SSSR count). The van der Waals surface area contributed by atoms with Gasteiger partial charge in [-0.15, -0.1) is 0 Å². The number of nitrogen functional groups attached to an aromatic ring is 1. The lowest BCUT2D eigenvalue weighted by Crippen LogP contribution is -2.16. The highest BCUT2D eigenvalue weighted by Crippen LogP contribution is 2.14. The van der Waals surface area contributed by atoms with Crippen molar-refractivity contribution >= 4 is 11.5 Å². The number of aromatic nitrogens is 1. The summed E-state index contributed by atoms with van der Waals surface area (Å²) in [4.78, 5) is 4.10. The molecule has 1 aromatic heterocycles.